The van der Waals surface area contributed by atoms with Gasteiger partial charge < -0.3 is 24.6 Å². The van der Waals surface area contributed by atoms with Crippen molar-refractivity contribution in [2.45, 2.75) is 167 Å². The van der Waals surface area contributed by atoms with Gasteiger partial charge in [0.25, 0.3) is 0 Å². The molecule has 0 aliphatic heterocycles. The Morgan fingerprint density at radius 1 is 0.544 bits per heavy atom. The van der Waals surface area contributed by atoms with E-state index in [-0.39, 0.29) is 19.4 Å². The number of rotatable bonds is 39. The molecule has 0 amide bonds. The standard InChI is InChI=1S/C46H77O10P/c1-3-5-7-9-11-13-15-17-19-21-23-25-27-29-31-33-35-37-45(49)53-41-44(42-55-57(51,52)54-40-43(48)39-47)56-46(50)38-36-34-32-30-28-26-24-22-20-18-16-14-12-10-8-6-4-2/h5,7,11,13,17-20,23-26,30,32,43-44,47-48H,3-4,6,8-10,12,14-16,21-22,27-29,31,33-42H2,1-2H3,(H,51,52)/b7-5-,13-11-,19-17-,20-18-,25-23-,26-24-,32-30-/t43-,44+/m0/s1. The van der Waals surface area contributed by atoms with Gasteiger partial charge in [0.05, 0.1) is 19.8 Å². The zero-order valence-electron chi connectivity index (χ0n) is 35.3. The molecule has 0 aliphatic carbocycles. The van der Waals surface area contributed by atoms with Crippen molar-refractivity contribution in [2.75, 3.05) is 26.4 Å². The Morgan fingerprint density at radius 2 is 0.982 bits per heavy atom. The van der Waals surface area contributed by atoms with Crippen LogP contribution in [-0.4, -0.2) is 65.7 Å². The van der Waals surface area contributed by atoms with Crippen molar-refractivity contribution in [1.29, 1.82) is 0 Å². The molecule has 326 valence electrons. The van der Waals surface area contributed by atoms with Crippen molar-refractivity contribution in [3.8, 4) is 0 Å². The van der Waals surface area contributed by atoms with Crippen molar-refractivity contribution in [1.82, 2.24) is 0 Å². The molecule has 0 aromatic heterocycles. The molecule has 0 saturated heterocycles. The fraction of sp³-hybridized carbons (Fsp3) is 0.652. The lowest BCUT2D eigenvalue weighted by atomic mass is 10.1. The van der Waals surface area contributed by atoms with Gasteiger partial charge in [-0.2, -0.15) is 0 Å². The van der Waals surface area contributed by atoms with Crippen LogP contribution in [0.5, 0.6) is 0 Å². The van der Waals surface area contributed by atoms with Crippen molar-refractivity contribution in [2.24, 2.45) is 0 Å². The highest BCUT2D eigenvalue weighted by Crippen LogP contribution is 2.43. The lowest BCUT2D eigenvalue weighted by Gasteiger charge is -2.20. The van der Waals surface area contributed by atoms with E-state index in [1.807, 2.05) is 6.08 Å². The average molecular weight is 821 g/mol. The van der Waals surface area contributed by atoms with Gasteiger partial charge in [-0.25, -0.2) is 4.57 Å². The number of hydrogen-bond donors (Lipinski definition) is 3. The second-order valence-electron chi connectivity index (χ2n) is 14.0. The minimum atomic E-state index is -4.64. The molecule has 3 N–H and O–H groups in total. The van der Waals surface area contributed by atoms with Crippen LogP contribution in [0.2, 0.25) is 0 Å². The van der Waals surface area contributed by atoms with Crippen LogP contribution < -0.4 is 0 Å². The van der Waals surface area contributed by atoms with Gasteiger partial charge in [0.15, 0.2) is 6.10 Å². The minimum Gasteiger partial charge on any atom is -0.462 e. The van der Waals surface area contributed by atoms with Crippen LogP contribution in [0.15, 0.2) is 85.1 Å². The second kappa shape index (κ2) is 41.3. The van der Waals surface area contributed by atoms with E-state index in [1.54, 1.807) is 0 Å². The van der Waals surface area contributed by atoms with Crippen molar-refractivity contribution in [3.05, 3.63) is 85.1 Å². The summed E-state index contributed by atoms with van der Waals surface area (Å²) in [4.78, 5) is 35.0. The molecular weight excluding hydrogens is 743 g/mol. The zero-order chi connectivity index (χ0) is 41.9. The maximum absolute atomic E-state index is 12.6. The molecule has 0 heterocycles. The maximum Gasteiger partial charge on any atom is 0.472 e. The van der Waals surface area contributed by atoms with Crippen LogP contribution >= 0.6 is 7.82 Å². The number of aliphatic hydroxyl groups is 2. The van der Waals surface area contributed by atoms with Gasteiger partial charge in [0, 0.05) is 12.8 Å². The number of allylic oxidation sites excluding steroid dienone is 14. The number of aliphatic hydroxyl groups excluding tert-OH is 2. The highest BCUT2D eigenvalue weighted by Gasteiger charge is 2.27. The Balaban J connectivity index is 4.45. The molecule has 0 radical (unpaired) electrons. The lowest BCUT2D eigenvalue weighted by Crippen LogP contribution is -2.29. The summed E-state index contributed by atoms with van der Waals surface area (Å²) in [5.41, 5.74) is 0. The van der Waals surface area contributed by atoms with Crippen LogP contribution in [0.1, 0.15) is 155 Å². The smallest absolute Gasteiger partial charge is 0.462 e. The minimum absolute atomic E-state index is 0.102. The largest absolute Gasteiger partial charge is 0.472 e. The van der Waals surface area contributed by atoms with Crippen molar-refractivity contribution < 1.29 is 47.8 Å². The highest BCUT2D eigenvalue weighted by molar-refractivity contribution is 7.47. The fourth-order valence-electron chi connectivity index (χ4n) is 5.23. The monoisotopic (exact) mass is 821 g/mol. The van der Waals surface area contributed by atoms with Gasteiger partial charge in [-0.3, -0.25) is 18.6 Å². The molecule has 0 spiro atoms. The van der Waals surface area contributed by atoms with Gasteiger partial charge in [-0.15, -0.1) is 0 Å². The maximum atomic E-state index is 12.6. The number of hydrogen-bond acceptors (Lipinski definition) is 9. The third-order valence-electron chi connectivity index (χ3n) is 8.53. The zero-order valence-corrected chi connectivity index (χ0v) is 36.2. The molecule has 57 heavy (non-hydrogen) atoms. The van der Waals surface area contributed by atoms with E-state index >= 15 is 0 Å². The molecule has 0 saturated carbocycles. The normalized spacial score (nSPS) is 14.7. The molecule has 1 unspecified atom stereocenters. The number of phosphoric acid groups is 1. The number of carbonyl (C=O) groups is 2. The van der Waals surface area contributed by atoms with E-state index < -0.39 is 51.8 Å². The molecule has 0 aliphatic rings. The first-order valence-electron chi connectivity index (χ1n) is 21.5. The molecule has 0 rings (SSSR count). The van der Waals surface area contributed by atoms with Crippen molar-refractivity contribution in [3.63, 3.8) is 0 Å². The third-order valence-corrected chi connectivity index (χ3v) is 9.48. The molecule has 0 bridgehead atoms. The molecular formula is C46H77O10P. The molecule has 0 aromatic carbocycles. The lowest BCUT2D eigenvalue weighted by molar-refractivity contribution is -0.161. The summed E-state index contributed by atoms with van der Waals surface area (Å²) >= 11 is 0. The number of ether oxygens (including phenoxy) is 2. The van der Waals surface area contributed by atoms with Gasteiger partial charge in [0.2, 0.25) is 0 Å². The molecule has 0 fully saturated rings. The second-order valence-corrected chi connectivity index (χ2v) is 15.4. The number of carbonyl (C=O) groups excluding carboxylic acids is 2. The number of esters is 2. The number of phosphoric ester groups is 1. The molecule has 11 heteroatoms. The summed E-state index contributed by atoms with van der Waals surface area (Å²) in [6.07, 6.45) is 48.4. The van der Waals surface area contributed by atoms with Crippen LogP contribution in [0.25, 0.3) is 0 Å². The van der Waals surface area contributed by atoms with E-state index in [9.17, 15) is 24.2 Å². The van der Waals surface area contributed by atoms with Gasteiger partial charge in [-0.1, -0.05) is 144 Å². The Labute approximate surface area is 345 Å². The van der Waals surface area contributed by atoms with Crippen LogP contribution in [0, 0.1) is 0 Å². The van der Waals surface area contributed by atoms with Crippen LogP contribution in [0.4, 0.5) is 0 Å². The predicted octanol–water partition coefficient (Wildman–Crippen LogP) is 11.4. The van der Waals surface area contributed by atoms with E-state index in [1.165, 1.54) is 38.5 Å². The predicted molar refractivity (Wildman–Crippen MR) is 233 cm³/mol. The number of unbranched alkanes of at least 4 members (excludes halogenated alkanes) is 11. The quantitative estimate of drug-likeness (QED) is 0.0237. The SMILES string of the molecule is CC/C=C\C/C=C\C/C=C\C/C=C\CCCCCCC(=O)OC[C@H](COP(=O)(O)OC[C@@H](O)CO)OC(=O)CCC/C=C\C/C=C\C/C=C\CCCCCCCC. The van der Waals surface area contributed by atoms with Crippen LogP contribution in [-0.2, 0) is 32.7 Å². The Morgan fingerprint density at radius 3 is 1.51 bits per heavy atom. The Bertz CT molecular complexity index is 1220. The highest BCUT2D eigenvalue weighted by atomic mass is 31.2. The molecule has 3 atom stereocenters. The molecule has 0 aromatic rings. The Hall–Kier alpha value is -2.85. The van der Waals surface area contributed by atoms with E-state index in [0.29, 0.717) is 19.3 Å². The average Bonchev–Trinajstić information content (AvgIpc) is 3.20. The van der Waals surface area contributed by atoms with Crippen LogP contribution in [0.3, 0.4) is 0 Å². The third kappa shape index (κ3) is 41.1. The fourth-order valence-corrected chi connectivity index (χ4v) is 6.02. The first-order valence-corrected chi connectivity index (χ1v) is 23.0. The van der Waals surface area contributed by atoms with Crippen molar-refractivity contribution >= 4 is 19.8 Å². The van der Waals surface area contributed by atoms with Gasteiger partial charge in [-0.05, 0) is 83.5 Å². The Kier molecular flexibility index (Phi) is 39.2. The summed E-state index contributed by atoms with van der Waals surface area (Å²) < 4.78 is 32.6. The first-order chi connectivity index (χ1) is 27.7. The summed E-state index contributed by atoms with van der Waals surface area (Å²) in [6.45, 7) is 2.15. The summed E-state index contributed by atoms with van der Waals surface area (Å²) in [5, 5.41) is 18.3. The van der Waals surface area contributed by atoms with E-state index in [0.717, 1.165) is 70.6 Å². The first kappa shape index (κ1) is 54.2. The molecule has 10 nitrogen and oxygen atoms in total. The van der Waals surface area contributed by atoms with Gasteiger partial charge >= 0.3 is 19.8 Å². The topological polar surface area (TPSA) is 149 Å². The van der Waals surface area contributed by atoms with E-state index in [4.69, 9.17) is 19.1 Å². The van der Waals surface area contributed by atoms with E-state index in [2.05, 4.69) is 97.4 Å². The van der Waals surface area contributed by atoms with Gasteiger partial charge in [0.1, 0.15) is 12.7 Å². The summed E-state index contributed by atoms with van der Waals surface area (Å²) in [5.74, 6) is -1.02. The summed E-state index contributed by atoms with van der Waals surface area (Å²) in [6, 6.07) is 0. The summed E-state index contributed by atoms with van der Waals surface area (Å²) in [7, 11) is -4.64.